The lowest BCUT2D eigenvalue weighted by Gasteiger charge is -2.17. The van der Waals surface area contributed by atoms with Gasteiger partial charge in [-0.15, -0.1) is 0 Å². The van der Waals surface area contributed by atoms with Gasteiger partial charge in [0.25, 0.3) is 5.56 Å². The fraction of sp³-hybridized carbons (Fsp3) is 0.235. The summed E-state index contributed by atoms with van der Waals surface area (Å²) in [5.41, 5.74) is 0.603. The predicted octanol–water partition coefficient (Wildman–Crippen LogP) is 3.54. The van der Waals surface area contributed by atoms with Crippen LogP contribution in [0.5, 0.6) is 11.5 Å². The molecule has 23 heavy (non-hydrogen) atoms. The molecule has 0 N–H and O–H groups in total. The Morgan fingerprint density at radius 2 is 1.83 bits per heavy atom. The third kappa shape index (κ3) is 2.38. The topological polar surface area (TPSA) is 49.7 Å². The lowest BCUT2D eigenvalue weighted by Crippen LogP contribution is -2.22. The summed E-state index contributed by atoms with van der Waals surface area (Å²) in [4.78, 5) is 13.1. The Labute approximate surface area is 141 Å². The summed E-state index contributed by atoms with van der Waals surface area (Å²) >= 11 is 3.45. The molecule has 0 aliphatic heterocycles. The number of fused-ring (bicyclic) bond motifs is 3. The van der Waals surface area contributed by atoms with E-state index in [1.165, 1.54) is 0 Å². The molecule has 2 aromatic carbocycles. The summed E-state index contributed by atoms with van der Waals surface area (Å²) in [6.45, 7) is 0.160. The highest BCUT2D eigenvalue weighted by Gasteiger charge is 2.20. The zero-order valence-electron chi connectivity index (χ0n) is 13.1. The molecule has 0 bridgehead atoms. The van der Waals surface area contributed by atoms with E-state index in [9.17, 15) is 4.79 Å². The monoisotopic (exact) mass is 377 g/mol. The number of para-hydroxylation sites is 1. The minimum absolute atomic E-state index is 0.160. The van der Waals surface area contributed by atoms with Crippen molar-refractivity contribution >= 4 is 37.6 Å². The molecular weight excluding hydrogens is 362 g/mol. The summed E-state index contributed by atoms with van der Waals surface area (Å²) in [6, 6.07) is 9.48. The van der Waals surface area contributed by atoms with Gasteiger partial charge in [0.05, 0.1) is 29.6 Å². The molecule has 0 amide bonds. The molecule has 0 atom stereocenters. The van der Waals surface area contributed by atoms with Gasteiger partial charge < -0.3 is 14.2 Å². The van der Waals surface area contributed by atoms with Crippen molar-refractivity contribution in [2.45, 2.75) is 6.73 Å². The summed E-state index contributed by atoms with van der Waals surface area (Å²) in [5.74, 6) is 1.10. The van der Waals surface area contributed by atoms with E-state index in [0.717, 1.165) is 16.3 Å². The van der Waals surface area contributed by atoms with Crippen LogP contribution in [0.25, 0.3) is 21.7 Å². The van der Waals surface area contributed by atoms with Crippen LogP contribution in [0.3, 0.4) is 0 Å². The van der Waals surface area contributed by atoms with Gasteiger partial charge in [-0.1, -0.05) is 18.2 Å². The van der Waals surface area contributed by atoms with Gasteiger partial charge in [0.2, 0.25) is 0 Å². The first-order chi connectivity index (χ1) is 11.1. The Balaban J connectivity index is 2.66. The van der Waals surface area contributed by atoms with Crippen LogP contribution < -0.4 is 15.0 Å². The van der Waals surface area contributed by atoms with Gasteiger partial charge in [-0.05, 0) is 28.1 Å². The van der Waals surface area contributed by atoms with Crippen LogP contribution in [0.1, 0.15) is 0 Å². The molecule has 0 unspecified atom stereocenters. The van der Waals surface area contributed by atoms with Crippen molar-refractivity contribution in [3.05, 3.63) is 45.2 Å². The number of hydrogen-bond donors (Lipinski definition) is 0. The standard InChI is InChI=1S/C17H16BrNO4/c1-21-9-19-12-7-5-4-6-10(12)14-13(22-2)8-11(18)16(23-3)15(14)17(19)20/h4-8H,9H2,1-3H3. The van der Waals surface area contributed by atoms with Crippen molar-refractivity contribution in [2.75, 3.05) is 21.3 Å². The number of halogens is 1. The molecule has 1 aromatic heterocycles. The van der Waals surface area contributed by atoms with Crippen LogP contribution in [0.15, 0.2) is 39.6 Å². The molecule has 0 aliphatic carbocycles. The maximum absolute atomic E-state index is 13.1. The summed E-state index contributed by atoms with van der Waals surface area (Å²) in [6.07, 6.45) is 0. The van der Waals surface area contributed by atoms with Crippen molar-refractivity contribution in [3.63, 3.8) is 0 Å². The molecule has 3 rings (SSSR count). The number of pyridine rings is 1. The highest BCUT2D eigenvalue weighted by Crippen LogP contribution is 2.41. The second-order valence-electron chi connectivity index (χ2n) is 5.01. The maximum atomic E-state index is 13.1. The molecular formula is C17H16BrNO4. The Bertz CT molecular complexity index is 949. The summed E-state index contributed by atoms with van der Waals surface area (Å²) in [7, 11) is 4.69. The Kier molecular flexibility index (Phi) is 4.28. The zero-order valence-corrected chi connectivity index (χ0v) is 14.6. The molecule has 0 fully saturated rings. The van der Waals surface area contributed by atoms with Crippen LogP contribution >= 0.6 is 15.9 Å². The van der Waals surface area contributed by atoms with E-state index >= 15 is 0 Å². The molecule has 0 saturated carbocycles. The average Bonchev–Trinajstić information content (AvgIpc) is 2.57. The third-order valence-corrected chi connectivity index (χ3v) is 4.39. The summed E-state index contributed by atoms with van der Waals surface area (Å²) < 4.78 is 18.4. The number of aromatic nitrogens is 1. The molecule has 3 aromatic rings. The van der Waals surface area contributed by atoms with Crippen molar-refractivity contribution < 1.29 is 14.2 Å². The second kappa shape index (κ2) is 6.22. The molecule has 0 radical (unpaired) electrons. The van der Waals surface area contributed by atoms with Crippen molar-refractivity contribution in [2.24, 2.45) is 0 Å². The van der Waals surface area contributed by atoms with E-state index < -0.39 is 0 Å². The van der Waals surface area contributed by atoms with Crippen LogP contribution in [0.4, 0.5) is 0 Å². The van der Waals surface area contributed by atoms with E-state index in [1.54, 1.807) is 25.9 Å². The molecule has 6 heteroatoms. The van der Waals surface area contributed by atoms with Crippen molar-refractivity contribution in [3.8, 4) is 11.5 Å². The molecule has 0 saturated heterocycles. The predicted molar refractivity (Wildman–Crippen MR) is 93.5 cm³/mol. The zero-order chi connectivity index (χ0) is 16.6. The first-order valence-electron chi connectivity index (χ1n) is 6.98. The Hall–Kier alpha value is -2.05. The van der Waals surface area contributed by atoms with Crippen molar-refractivity contribution in [1.29, 1.82) is 0 Å². The number of methoxy groups -OCH3 is 3. The molecule has 1 heterocycles. The molecule has 5 nitrogen and oxygen atoms in total. The quantitative estimate of drug-likeness (QED) is 0.652. The SMILES string of the molecule is COCn1c(=O)c2c(OC)c(Br)cc(OC)c2c2ccccc21. The fourth-order valence-corrected chi connectivity index (χ4v) is 3.43. The number of benzene rings is 2. The van der Waals surface area contributed by atoms with E-state index in [-0.39, 0.29) is 12.3 Å². The number of ether oxygens (including phenoxy) is 3. The Morgan fingerprint density at radius 3 is 2.48 bits per heavy atom. The number of nitrogens with zero attached hydrogens (tertiary/aromatic N) is 1. The smallest absolute Gasteiger partial charge is 0.264 e. The molecule has 0 spiro atoms. The van der Waals surface area contributed by atoms with Crippen LogP contribution in [0, 0.1) is 0 Å². The minimum Gasteiger partial charge on any atom is -0.496 e. The van der Waals surface area contributed by atoms with Gasteiger partial charge in [0, 0.05) is 17.9 Å². The van der Waals surface area contributed by atoms with Gasteiger partial charge in [-0.2, -0.15) is 0 Å². The van der Waals surface area contributed by atoms with Crippen LogP contribution in [0.2, 0.25) is 0 Å². The minimum atomic E-state index is -0.183. The van der Waals surface area contributed by atoms with E-state index in [2.05, 4.69) is 15.9 Å². The Morgan fingerprint density at radius 1 is 1.09 bits per heavy atom. The van der Waals surface area contributed by atoms with Gasteiger partial charge in [-0.3, -0.25) is 9.36 Å². The van der Waals surface area contributed by atoms with Crippen molar-refractivity contribution in [1.82, 2.24) is 4.57 Å². The highest BCUT2D eigenvalue weighted by atomic mass is 79.9. The second-order valence-corrected chi connectivity index (χ2v) is 5.87. The van der Waals surface area contributed by atoms with Gasteiger partial charge >= 0.3 is 0 Å². The van der Waals surface area contributed by atoms with Gasteiger partial charge in [0.15, 0.2) is 0 Å². The van der Waals surface area contributed by atoms with E-state index in [0.29, 0.717) is 21.4 Å². The van der Waals surface area contributed by atoms with E-state index in [1.807, 2.05) is 30.3 Å². The first kappa shape index (κ1) is 15.8. The first-order valence-corrected chi connectivity index (χ1v) is 7.78. The third-order valence-electron chi connectivity index (χ3n) is 3.80. The summed E-state index contributed by atoms with van der Waals surface area (Å²) in [5, 5.41) is 2.11. The highest BCUT2D eigenvalue weighted by molar-refractivity contribution is 9.10. The lowest BCUT2D eigenvalue weighted by atomic mass is 10.0. The van der Waals surface area contributed by atoms with Gasteiger partial charge in [0.1, 0.15) is 18.2 Å². The lowest BCUT2D eigenvalue weighted by molar-refractivity contribution is 0.132. The molecule has 120 valence electrons. The largest absolute Gasteiger partial charge is 0.496 e. The average molecular weight is 378 g/mol. The molecule has 0 aliphatic rings. The fourth-order valence-electron chi connectivity index (χ4n) is 2.86. The maximum Gasteiger partial charge on any atom is 0.264 e. The van der Waals surface area contributed by atoms with Crippen LogP contribution in [-0.4, -0.2) is 25.9 Å². The van der Waals surface area contributed by atoms with Gasteiger partial charge in [-0.25, -0.2) is 0 Å². The normalized spacial score (nSPS) is 11.1. The van der Waals surface area contributed by atoms with Crippen LogP contribution in [-0.2, 0) is 11.5 Å². The number of rotatable bonds is 4. The van der Waals surface area contributed by atoms with E-state index in [4.69, 9.17) is 14.2 Å². The number of hydrogen-bond acceptors (Lipinski definition) is 4.